The van der Waals surface area contributed by atoms with Crippen molar-refractivity contribution in [2.24, 2.45) is 0 Å². The van der Waals surface area contributed by atoms with E-state index in [9.17, 15) is 10.0 Å². The van der Waals surface area contributed by atoms with Gasteiger partial charge in [0, 0.05) is 10.5 Å². The van der Waals surface area contributed by atoms with Crippen molar-refractivity contribution < 1.29 is 14.3 Å². The van der Waals surface area contributed by atoms with Crippen molar-refractivity contribution in [3.63, 3.8) is 0 Å². The van der Waals surface area contributed by atoms with E-state index in [0.29, 0.717) is 4.73 Å². The Morgan fingerprint density at radius 3 is 2.89 bits per heavy atom. The van der Waals surface area contributed by atoms with Gasteiger partial charge in [0.15, 0.2) is 12.4 Å². The van der Waals surface area contributed by atoms with Crippen molar-refractivity contribution in [2.45, 2.75) is 6.61 Å². The maximum Gasteiger partial charge on any atom is 0.344 e. The van der Waals surface area contributed by atoms with Crippen molar-refractivity contribution >= 4 is 21.9 Å². The SMILES string of the molecule is O=C(OCc1cccc(Br)c1)c1ccc[n+]([O-])c1. The molecule has 0 aliphatic heterocycles. The number of carbonyl (C=O) groups is 1. The highest BCUT2D eigenvalue weighted by atomic mass is 79.9. The number of benzene rings is 1. The first kappa shape index (κ1) is 12.6. The minimum atomic E-state index is -0.514. The molecule has 0 saturated carbocycles. The molecule has 2 rings (SSSR count). The normalized spacial score (nSPS) is 10.1. The quantitative estimate of drug-likeness (QED) is 0.497. The van der Waals surface area contributed by atoms with E-state index in [1.54, 1.807) is 0 Å². The summed E-state index contributed by atoms with van der Waals surface area (Å²) in [7, 11) is 0. The van der Waals surface area contributed by atoms with Crippen LogP contribution in [0.25, 0.3) is 0 Å². The molecule has 0 radical (unpaired) electrons. The van der Waals surface area contributed by atoms with Crippen molar-refractivity contribution in [2.75, 3.05) is 0 Å². The zero-order valence-electron chi connectivity index (χ0n) is 9.38. The van der Waals surface area contributed by atoms with Gasteiger partial charge in [-0.25, -0.2) is 4.79 Å². The fraction of sp³-hybridized carbons (Fsp3) is 0.0769. The molecule has 92 valence electrons. The van der Waals surface area contributed by atoms with Crippen LogP contribution in [0.15, 0.2) is 53.3 Å². The number of pyridine rings is 1. The molecule has 0 saturated heterocycles. The zero-order chi connectivity index (χ0) is 13.0. The summed E-state index contributed by atoms with van der Waals surface area (Å²) in [6.45, 7) is 0.173. The molecule has 0 aliphatic carbocycles. The van der Waals surface area contributed by atoms with E-state index in [1.165, 1.54) is 24.5 Å². The lowest BCUT2D eigenvalue weighted by Gasteiger charge is -2.05. The Bertz CT molecular complexity index is 572. The largest absolute Gasteiger partial charge is 0.619 e. The van der Waals surface area contributed by atoms with Crippen molar-refractivity contribution in [1.29, 1.82) is 0 Å². The molecule has 0 aliphatic rings. The zero-order valence-corrected chi connectivity index (χ0v) is 11.0. The van der Waals surface area contributed by atoms with Gasteiger partial charge in [0.2, 0.25) is 0 Å². The van der Waals surface area contributed by atoms with Crippen molar-refractivity contribution in [1.82, 2.24) is 0 Å². The second-order valence-electron chi connectivity index (χ2n) is 3.66. The first-order valence-corrected chi connectivity index (χ1v) is 6.05. The fourth-order valence-electron chi connectivity index (χ4n) is 1.43. The molecule has 18 heavy (non-hydrogen) atoms. The number of carbonyl (C=O) groups excluding carboxylic acids is 1. The summed E-state index contributed by atoms with van der Waals surface area (Å²) < 4.78 is 6.60. The Kier molecular flexibility index (Phi) is 3.94. The Hall–Kier alpha value is -1.88. The Morgan fingerprint density at radius 2 is 2.17 bits per heavy atom. The molecule has 0 unspecified atom stereocenters. The van der Waals surface area contributed by atoms with Gasteiger partial charge < -0.3 is 9.94 Å². The van der Waals surface area contributed by atoms with Gasteiger partial charge in [0.05, 0.1) is 0 Å². The third-order valence-corrected chi connectivity index (χ3v) is 2.76. The highest BCUT2D eigenvalue weighted by Crippen LogP contribution is 2.13. The molecule has 4 nitrogen and oxygen atoms in total. The number of halogens is 1. The third-order valence-electron chi connectivity index (χ3n) is 2.27. The van der Waals surface area contributed by atoms with Gasteiger partial charge in [-0.1, -0.05) is 28.1 Å². The molecule has 0 spiro atoms. The Morgan fingerprint density at radius 1 is 1.33 bits per heavy atom. The summed E-state index contributed by atoms with van der Waals surface area (Å²) in [6, 6.07) is 10.5. The van der Waals surface area contributed by atoms with E-state index < -0.39 is 5.97 Å². The minimum absolute atomic E-state index is 0.173. The summed E-state index contributed by atoms with van der Waals surface area (Å²) in [5, 5.41) is 11.0. The number of nitrogens with zero attached hydrogens (tertiary/aromatic N) is 1. The summed E-state index contributed by atoms with van der Waals surface area (Å²) in [6.07, 6.45) is 2.49. The maximum atomic E-state index is 11.7. The van der Waals surface area contributed by atoms with Crippen LogP contribution in [-0.4, -0.2) is 5.97 Å². The average molecular weight is 308 g/mol. The fourth-order valence-corrected chi connectivity index (χ4v) is 1.88. The lowest BCUT2D eigenvalue weighted by molar-refractivity contribution is -0.605. The molecule has 0 amide bonds. The van der Waals surface area contributed by atoms with Crippen LogP contribution in [0.1, 0.15) is 15.9 Å². The van der Waals surface area contributed by atoms with Gasteiger partial charge in [-0.15, -0.1) is 0 Å². The highest BCUT2D eigenvalue weighted by molar-refractivity contribution is 9.10. The van der Waals surface area contributed by atoms with Gasteiger partial charge in [0.1, 0.15) is 12.2 Å². The van der Waals surface area contributed by atoms with E-state index >= 15 is 0 Å². The Labute approximate surface area is 113 Å². The summed E-state index contributed by atoms with van der Waals surface area (Å²) in [5.74, 6) is -0.514. The van der Waals surface area contributed by atoms with Crippen LogP contribution in [0, 0.1) is 5.21 Å². The van der Waals surface area contributed by atoms with Crippen LogP contribution >= 0.6 is 15.9 Å². The summed E-state index contributed by atoms with van der Waals surface area (Å²) in [5.41, 5.74) is 1.12. The monoisotopic (exact) mass is 307 g/mol. The molecule has 0 bridgehead atoms. The lowest BCUT2D eigenvalue weighted by atomic mass is 10.2. The molecule has 1 heterocycles. The van der Waals surface area contributed by atoms with Crippen molar-refractivity contribution in [3.8, 4) is 0 Å². The van der Waals surface area contributed by atoms with Gasteiger partial charge in [-0.3, -0.25) is 0 Å². The second-order valence-corrected chi connectivity index (χ2v) is 4.57. The molecular formula is C13H10BrNO3. The van der Waals surface area contributed by atoms with E-state index in [4.69, 9.17) is 4.74 Å². The number of ether oxygens (including phenoxy) is 1. The smallest absolute Gasteiger partial charge is 0.344 e. The van der Waals surface area contributed by atoms with Gasteiger partial charge in [0.25, 0.3) is 0 Å². The number of hydrogen-bond donors (Lipinski definition) is 0. The standard InChI is InChI=1S/C13H10BrNO3/c14-12-5-1-3-10(7-12)9-18-13(16)11-4-2-6-15(17)8-11/h1-8H,9H2. The predicted molar refractivity (Wildman–Crippen MR) is 68.7 cm³/mol. The molecule has 5 heteroatoms. The number of hydrogen-bond acceptors (Lipinski definition) is 3. The summed E-state index contributed by atoms with van der Waals surface area (Å²) in [4.78, 5) is 11.7. The van der Waals surface area contributed by atoms with E-state index in [1.807, 2.05) is 24.3 Å². The molecule has 2 aromatic rings. The molecular weight excluding hydrogens is 298 g/mol. The Balaban J connectivity index is 2.00. The lowest BCUT2D eigenvalue weighted by Crippen LogP contribution is -2.26. The van der Waals surface area contributed by atoms with Crippen LogP contribution < -0.4 is 4.73 Å². The highest BCUT2D eigenvalue weighted by Gasteiger charge is 2.10. The topological polar surface area (TPSA) is 53.2 Å². The first-order chi connectivity index (χ1) is 8.65. The second kappa shape index (κ2) is 5.64. The average Bonchev–Trinajstić information content (AvgIpc) is 2.36. The maximum absolute atomic E-state index is 11.7. The van der Waals surface area contributed by atoms with Crippen molar-refractivity contribution in [3.05, 3.63) is 69.6 Å². The van der Waals surface area contributed by atoms with Crippen LogP contribution in [-0.2, 0) is 11.3 Å². The number of aromatic nitrogens is 1. The van der Waals surface area contributed by atoms with Crippen LogP contribution in [0.2, 0.25) is 0 Å². The molecule has 0 fully saturated rings. The number of rotatable bonds is 3. The van der Waals surface area contributed by atoms with E-state index in [-0.39, 0.29) is 12.2 Å². The minimum Gasteiger partial charge on any atom is -0.619 e. The molecule has 0 atom stereocenters. The van der Waals surface area contributed by atoms with Crippen LogP contribution in [0.4, 0.5) is 0 Å². The van der Waals surface area contributed by atoms with Crippen LogP contribution in [0.5, 0.6) is 0 Å². The van der Waals surface area contributed by atoms with Gasteiger partial charge in [-0.05, 0) is 23.8 Å². The van der Waals surface area contributed by atoms with E-state index in [2.05, 4.69) is 15.9 Å². The molecule has 1 aromatic heterocycles. The third kappa shape index (κ3) is 3.30. The number of esters is 1. The van der Waals surface area contributed by atoms with E-state index in [0.717, 1.165) is 10.0 Å². The van der Waals surface area contributed by atoms with Crippen LogP contribution in [0.3, 0.4) is 0 Å². The molecule has 0 N–H and O–H groups in total. The van der Waals surface area contributed by atoms with Gasteiger partial charge in [-0.2, -0.15) is 4.73 Å². The first-order valence-electron chi connectivity index (χ1n) is 5.25. The summed E-state index contributed by atoms with van der Waals surface area (Å²) >= 11 is 3.34. The van der Waals surface area contributed by atoms with Gasteiger partial charge >= 0.3 is 5.97 Å². The predicted octanol–water partition coefficient (Wildman–Crippen LogP) is 2.44. The molecule has 1 aromatic carbocycles.